The molecule has 1 aromatic carbocycles. The van der Waals surface area contributed by atoms with Gasteiger partial charge in [-0.1, -0.05) is 20.8 Å². The summed E-state index contributed by atoms with van der Waals surface area (Å²) in [6.45, 7) is 12.7. The summed E-state index contributed by atoms with van der Waals surface area (Å²) in [5.74, 6) is -1.02. The number of hydrogen-bond acceptors (Lipinski definition) is 3. The highest BCUT2D eigenvalue weighted by molar-refractivity contribution is 6.31. The normalized spacial score (nSPS) is 12.1. The number of furan rings is 1. The highest BCUT2D eigenvalue weighted by atomic mass is 28.2. The maximum atomic E-state index is 11.3. The number of benzene rings is 1. The van der Waals surface area contributed by atoms with Crippen molar-refractivity contribution in [1.29, 1.82) is 0 Å². The molecular formula is C17H22O4Si. The van der Waals surface area contributed by atoms with Gasteiger partial charge in [-0.2, -0.15) is 0 Å². The molecule has 0 fully saturated rings. The molecule has 1 aromatic heterocycles. The number of carboxylic acid groups (broad SMARTS) is 1. The van der Waals surface area contributed by atoms with E-state index in [-0.39, 0.29) is 10.8 Å². The zero-order valence-electron chi connectivity index (χ0n) is 14.0. The quantitative estimate of drug-likeness (QED) is 0.848. The molecule has 118 valence electrons. The Balaban J connectivity index is 2.51. The molecule has 2 radical (unpaired) electrons. The lowest BCUT2D eigenvalue weighted by Gasteiger charge is -2.17. The van der Waals surface area contributed by atoms with E-state index in [9.17, 15) is 9.90 Å². The van der Waals surface area contributed by atoms with Crippen molar-refractivity contribution in [3.8, 4) is 0 Å². The van der Waals surface area contributed by atoms with Gasteiger partial charge in [-0.15, -0.1) is 0 Å². The third-order valence-electron chi connectivity index (χ3n) is 3.66. The SMILES string of the molecule is Cc1cc2oc(C(=O)O)c(C)c2c(CO[Si]C(C)(C)C)c1C. The van der Waals surface area contributed by atoms with Crippen LogP contribution in [0.15, 0.2) is 10.5 Å². The van der Waals surface area contributed by atoms with E-state index < -0.39 is 5.97 Å². The molecule has 2 rings (SSSR count). The van der Waals surface area contributed by atoms with Crippen LogP contribution in [0.2, 0.25) is 5.04 Å². The molecular weight excluding hydrogens is 296 g/mol. The van der Waals surface area contributed by atoms with Crippen molar-refractivity contribution < 1.29 is 18.7 Å². The van der Waals surface area contributed by atoms with E-state index in [0.717, 1.165) is 22.1 Å². The van der Waals surface area contributed by atoms with E-state index in [1.807, 2.05) is 19.9 Å². The number of carbonyl (C=O) groups is 1. The Morgan fingerprint density at radius 3 is 2.45 bits per heavy atom. The van der Waals surface area contributed by atoms with Gasteiger partial charge in [-0.25, -0.2) is 4.79 Å². The molecule has 1 N–H and O–H groups in total. The zero-order valence-corrected chi connectivity index (χ0v) is 15.0. The van der Waals surface area contributed by atoms with Crippen molar-refractivity contribution in [2.75, 3.05) is 0 Å². The molecule has 0 spiro atoms. The highest BCUT2D eigenvalue weighted by Crippen LogP contribution is 2.33. The third-order valence-corrected chi connectivity index (χ3v) is 4.56. The molecule has 0 aliphatic rings. The molecule has 0 saturated heterocycles. The Bertz CT molecular complexity index is 723. The number of rotatable bonds is 4. The topological polar surface area (TPSA) is 59.7 Å². The summed E-state index contributed by atoms with van der Waals surface area (Å²) >= 11 is 0. The molecule has 0 aliphatic carbocycles. The second kappa shape index (κ2) is 5.89. The lowest BCUT2D eigenvalue weighted by atomic mass is 9.97. The van der Waals surface area contributed by atoms with E-state index in [0.29, 0.717) is 27.5 Å². The van der Waals surface area contributed by atoms with Crippen LogP contribution >= 0.6 is 0 Å². The standard InChI is InChI=1S/C17H22O4Si/c1-9-7-13-14(11(3)15(21-13)16(18)19)12(10(9)2)8-20-22-17(4,5)6/h7H,8H2,1-6H3,(H,18,19). The molecule has 1 heterocycles. The predicted octanol–water partition coefficient (Wildman–Crippen LogP) is 4.41. The molecule has 4 nitrogen and oxygen atoms in total. The van der Waals surface area contributed by atoms with Gasteiger partial charge in [0.1, 0.15) is 5.58 Å². The first-order valence-corrected chi connectivity index (χ1v) is 8.17. The van der Waals surface area contributed by atoms with Crippen molar-refractivity contribution in [2.45, 2.75) is 53.2 Å². The minimum Gasteiger partial charge on any atom is -0.475 e. The Morgan fingerprint density at radius 2 is 1.91 bits per heavy atom. The Kier molecular flexibility index (Phi) is 4.49. The van der Waals surface area contributed by atoms with Gasteiger partial charge in [-0.3, -0.25) is 0 Å². The molecule has 0 bridgehead atoms. The van der Waals surface area contributed by atoms with Crippen molar-refractivity contribution in [3.63, 3.8) is 0 Å². The van der Waals surface area contributed by atoms with Crippen LogP contribution in [0, 0.1) is 20.8 Å². The van der Waals surface area contributed by atoms with Crippen LogP contribution in [-0.4, -0.2) is 20.8 Å². The van der Waals surface area contributed by atoms with Gasteiger partial charge in [0.05, 0.1) is 6.61 Å². The summed E-state index contributed by atoms with van der Waals surface area (Å²) in [5.41, 5.74) is 4.53. The van der Waals surface area contributed by atoms with Crippen molar-refractivity contribution in [2.24, 2.45) is 0 Å². The molecule has 0 amide bonds. The van der Waals surface area contributed by atoms with Crippen LogP contribution in [-0.2, 0) is 11.0 Å². The largest absolute Gasteiger partial charge is 0.475 e. The summed E-state index contributed by atoms with van der Waals surface area (Å²) < 4.78 is 11.4. The maximum Gasteiger partial charge on any atom is 0.372 e. The number of aromatic carboxylic acids is 1. The van der Waals surface area contributed by atoms with Gasteiger partial charge in [0.2, 0.25) is 15.5 Å². The van der Waals surface area contributed by atoms with Crippen LogP contribution in [0.4, 0.5) is 0 Å². The average Bonchev–Trinajstić information content (AvgIpc) is 2.70. The summed E-state index contributed by atoms with van der Waals surface area (Å²) in [7, 11) is 0.383. The van der Waals surface area contributed by atoms with E-state index in [1.54, 1.807) is 6.92 Å². The summed E-state index contributed by atoms with van der Waals surface area (Å²) in [6, 6.07) is 1.90. The number of hydrogen-bond donors (Lipinski definition) is 1. The van der Waals surface area contributed by atoms with E-state index >= 15 is 0 Å². The molecule has 0 aliphatic heterocycles. The Morgan fingerprint density at radius 1 is 1.27 bits per heavy atom. The van der Waals surface area contributed by atoms with E-state index in [2.05, 4.69) is 20.8 Å². The van der Waals surface area contributed by atoms with Crippen molar-refractivity contribution >= 4 is 26.7 Å². The fourth-order valence-electron chi connectivity index (χ4n) is 2.45. The lowest BCUT2D eigenvalue weighted by Crippen LogP contribution is -2.13. The van der Waals surface area contributed by atoms with Crippen LogP contribution in [0.5, 0.6) is 0 Å². The van der Waals surface area contributed by atoms with Crippen molar-refractivity contribution in [3.05, 3.63) is 34.1 Å². The van der Waals surface area contributed by atoms with Gasteiger partial charge in [0.15, 0.2) is 0 Å². The van der Waals surface area contributed by atoms with Crippen molar-refractivity contribution in [1.82, 2.24) is 0 Å². The summed E-state index contributed by atoms with van der Waals surface area (Å²) in [6.07, 6.45) is 0. The van der Waals surface area contributed by atoms with Gasteiger partial charge >= 0.3 is 5.97 Å². The molecule has 0 unspecified atom stereocenters. The highest BCUT2D eigenvalue weighted by Gasteiger charge is 2.22. The van der Waals surface area contributed by atoms with Gasteiger partial charge in [0, 0.05) is 10.9 Å². The third kappa shape index (κ3) is 3.25. The monoisotopic (exact) mass is 318 g/mol. The van der Waals surface area contributed by atoms with Crippen LogP contribution in [0.3, 0.4) is 0 Å². The molecule has 0 atom stereocenters. The second-order valence-corrected chi connectivity index (χ2v) is 8.67. The molecule has 22 heavy (non-hydrogen) atoms. The molecule has 0 saturated carbocycles. The number of carboxylic acids is 1. The van der Waals surface area contributed by atoms with Gasteiger partial charge in [0.25, 0.3) is 0 Å². The molecule has 5 heteroatoms. The average molecular weight is 318 g/mol. The summed E-state index contributed by atoms with van der Waals surface area (Å²) in [5, 5.41) is 10.2. The first kappa shape index (κ1) is 16.8. The van der Waals surface area contributed by atoms with Gasteiger partial charge in [-0.05, 0) is 48.6 Å². The molecule has 2 aromatic rings. The minimum absolute atomic E-state index is 0.0134. The summed E-state index contributed by atoms with van der Waals surface area (Å²) in [4.78, 5) is 11.3. The van der Waals surface area contributed by atoms with Crippen LogP contribution < -0.4 is 0 Å². The number of fused-ring (bicyclic) bond motifs is 1. The first-order valence-electron chi connectivity index (χ1n) is 7.26. The van der Waals surface area contributed by atoms with Crippen LogP contribution in [0.25, 0.3) is 11.0 Å². The number of aryl methyl sites for hydroxylation is 2. The zero-order chi connectivity index (χ0) is 16.7. The second-order valence-electron chi connectivity index (χ2n) is 6.67. The minimum atomic E-state index is -1.03. The first-order chi connectivity index (χ1) is 10.1. The lowest BCUT2D eigenvalue weighted by molar-refractivity contribution is 0.0664. The Labute approximate surface area is 133 Å². The van der Waals surface area contributed by atoms with E-state index in [4.69, 9.17) is 8.84 Å². The predicted molar refractivity (Wildman–Crippen MR) is 87.6 cm³/mol. The maximum absolute atomic E-state index is 11.3. The Hall–Kier alpha value is -1.59. The smallest absolute Gasteiger partial charge is 0.372 e. The van der Waals surface area contributed by atoms with Gasteiger partial charge < -0.3 is 13.9 Å². The fraction of sp³-hybridized carbons (Fsp3) is 0.471. The fourth-order valence-corrected chi connectivity index (χ4v) is 3.10. The van der Waals surface area contributed by atoms with E-state index in [1.165, 1.54) is 0 Å². The van der Waals surface area contributed by atoms with Crippen LogP contribution in [0.1, 0.15) is 53.6 Å².